The van der Waals surface area contributed by atoms with Gasteiger partial charge in [0.25, 0.3) is 0 Å². The van der Waals surface area contributed by atoms with Gasteiger partial charge in [-0.1, -0.05) is 0 Å². The van der Waals surface area contributed by atoms with Crippen LogP contribution in [0.15, 0.2) is 0 Å². The average molecular weight is 226 g/mol. The van der Waals surface area contributed by atoms with Crippen molar-refractivity contribution in [1.82, 2.24) is 9.80 Å². The molecule has 0 aromatic rings. The van der Waals surface area contributed by atoms with Crippen molar-refractivity contribution in [2.24, 2.45) is 0 Å². The van der Waals surface area contributed by atoms with E-state index in [0.717, 1.165) is 39.0 Å². The van der Waals surface area contributed by atoms with E-state index in [1.807, 2.05) is 16.8 Å². The van der Waals surface area contributed by atoms with Gasteiger partial charge in [-0.05, 0) is 32.6 Å². The minimum Gasteiger partial charge on any atom is -0.376 e. The van der Waals surface area contributed by atoms with Gasteiger partial charge >= 0.3 is 6.03 Å². The highest BCUT2D eigenvalue weighted by Crippen LogP contribution is 2.20. The van der Waals surface area contributed by atoms with Crippen LogP contribution in [-0.4, -0.2) is 54.7 Å². The lowest BCUT2D eigenvalue weighted by Gasteiger charge is -2.34. The Morgan fingerprint density at radius 2 is 2.00 bits per heavy atom. The van der Waals surface area contributed by atoms with Crippen LogP contribution in [0.4, 0.5) is 4.79 Å². The first kappa shape index (κ1) is 11.7. The van der Waals surface area contributed by atoms with Crippen LogP contribution in [0, 0.1) is 0 Å². The summed E-state index contributed by atoms with van der Waals surface area (Å²) in [7, 11) is 1.91. The van der Waals surface area contributed by atoms with E-state index in [2.05, 4.69) is 6.92 Å². The molecule has 4 heteroatoms. The number of hydrogen-bond donors (Lipinski definition) is 0. The summed E-state index contributed by atoms with van der Waals surface area (Å²) in [4.78, 5) is 16.1. The van der Waals surface area contributed by atoms with Crippen LogP contribution in [0.25, 0.3) is 0 Å². The average Bonchev–Trinajstić information content (AvgIpc) is 2.75. The molecule has 0 spiro atoms. The Hall–Kier alpha value is -0.770. The van der Waals surface area contributed by atoms with Crippen LogP contribution in [0.2, 0.25) is 0 Å². The normalized spacial score (nSPS) is 30.5. The molecule has 92 valence electrons. The van der Waals surface area contributed by atoms with Gasteiger partial charge in [-0.15, -0.1) is 0 Å². The molecule has 2 unspecified atom stereocenters. The fraction of sp³-hybridized carbons (Fsp3) is 0.917. The summed E-state index contributed by atoms with van der Waals surface area (Å²) in [6.45, 7) is 4.68. The molecule has 0 aromatic carbocycles. The van der Waals surface area contributed by atoms with Crippen LogP contribution in [0.5, 0.6) is 0 Å². The monoisotopic (exact) mass is 226 g/mol. The minimum atomic E-state index is 0.179. The highest BCUT2D eigenvalue weighted by molar-refractivity contribution is 5.74. The van der Waals surface area contributed by atoms with Gasteiger partial charge in [0.1, 0.15) is 0 Å². The molecule has 0 aromatic heterocycles. The molecule has 2 heterocycles. The second-order valence-corrected chi connectivity index (χ2v) is 4.87. The number of hydrogen-bond acceptors (Lipinski definition) is 2. The van der Waals surface area contributed by atoms with Crippen LogP contribution in [0.1, 0.15) is 32.6 Å². The van der Waals surface area contributed by atoms with E-state index >= 15 is 0 Å². The minimum absolute atomic E-state index is 0.179. The van der Waals surface area contributed by atoms with E-state index in [0.29, 0.717) is 0 Å². The Labute approximate surface area is 97.5 Å². The largest absolute Gasteiger partial charge is 0.376 e. The molecule has 0 aliphatic carbocycles. The molecule has 16 heavy (non-hydrogen) atoms. The van der Waals surface area contributed by atoms with Crippen molar-refractivity contribution in [3.63, 3.8) is 0 Å². The highest BCUT2D eigenvalue weighted by Gasteiger charge is 2.32. The molecule has 2 rings (SSSR count). The number of urea groups is 1. The van der Waals surface area contributed by atoms with Crippen molar-refractivity contribution in [2.75, 3.05) is 26.7 Å². The summed E-state index contributed by atoms with van der Waals surface area (Å²) < 4.78 is 5.51. The molecule has 2 aliphatic rings. The summed E-state index contributed by atoms with van der Waals surface area (Å²) in [6.07, 6.45) is 4.71. The third kappa shape index (κ3) is 2.32. The van der Waals surface area contributed by atoms with Gasteiger partial charge in [-0.25, -0.2) is 4.79 Å². The van der Waals surface area contributed by atoms with Gasteiger partial charge in [0.2, 0.25) is 0 Å². The van der Waals surface area contributed by atoms with Crippen LogP contribution >= 0.6 is 0 Å². The van der Waals surface area contributed by atoms with Crippen molar-refractivity contribution in [3.8, 4) is 0 Å². The van der Waals surface area contributed by atoms with Crippen molar-refractivity contribution in [3.05, 3.63) is 0 Å². The van der Waals surface area contributed by atoms with Gasteiger partial charge in [0.05, 0.1) is 12.1 Å². The lowest BCUT2D eigenvalue weighted by molar-refractivity contribution is 0.0802. The first-order valence-electron chi connectivity index (χ1n) is 6.33. The van der Waals surface area contributed by atoms with Crippen LogP contribution < -0.4 is 0 Å². The van der Waals surface area contributed by atoms with Gasteiger partial charge in [-0.3, -0.25) is 0 Å². The number of rotatable bonds is 1. The third-order valence-electron chi connectivity index (χ3n) is 3.76. The smallest absolute Gasteiger partial charge is 0.320 e. The van der Waals surface area contributed by atoms with Crippen LogP contribution in [-0.2, 0) is 4.74 Å². The second kappa shape index (κ2) is 5.04. The van der Waals surface area contributed by atoms with E-state index in [1.54, 1.807) is 0 Å². The molecule has 2 aliphatic heterocycles. The Kier molecular flexibility index (Phi) is 3.69. The molecule has 2 saturated heterocycles. The molecular formula is C12H22N2O2. The predicted molar refractivity (Wildman–Crippen MR) is 62.4 cm³/mol. The molecule has 2 amide bonds. The molecule has 0 N–H and O–H groups in total. The molecule has 2 fully saturated rings. The van der Waals surface area contributed by atoms with E-state index in [9.17, 15) is 4.79 Å². The number of amides is 2. The first-order chi connectivity index (χ1) is 7.70. The summed E-state index contributed by atoms with van der Waals surface area (Å²) >= 11 is 0. The predicted octanol–water partition coefficient (Wildman–Crippen LogP) is 1.70. The van der Waals surface area contributed by atoms with E-state index in [1.165, 1.54) is 6.42 Å². The maximum atomic E-state index is 12.2. The van der Waals surface area contributed by atoms with Crippen LogP contribution in [0.3, 0.4) is 0 Å². The zero-order valence-corrected chi connectivity index (χ0v) is 10.3. The van der Waals surface area contributed by atoms with E-state index in [4.69, 9.17) is 4.74 Å². The molecule has 2 atom stereocenters. The maximum Gasteiger partial charge on any atom is 0.320 e. The zero-order chi connectivity index (χ0) is 11.5. The number of likely N-dealkylation sites (tertiary alicyclic amines) is 1. The lowest BCUT2D eigenvalue weighted by atomic mass is 10.1. The Morgan fingerprint density at radius 1 is 1.31 bits per heavy atom. The van der Waals surface area contributed by atoms with Crippen molar-refractivity contribution >= 4 is 6.03 Å². The maximum absolute atomic E-state index is 12.2. The number of carbonyl (C=O) groups excluding carboxylic acids is 1. The SMILES string of the molecule is CC1OCCC1N(C)C(=O)N1CCCCC1. The van der Waals surface area contributed by atoms with E-state index in [-0.39, 0.29) is 18.2 Å². The topological polar surface area (TPSA) is 32.8 Å². The second-order valence-electron chi connectivity index (χ2n) is 4.87. The Balaban J connectivity index is 1.92. The summed E-state index contributed by atoms with van der Waals surface area (Å²) in [6, 6.07) is 0.441. The number of ether oxygens (including phenoxy) is 1. The number of likely N-dealkylation sites (N-methyl/N-ethyl adjacent to an activating group) is 1. The molecule has 4 nitrogen and oxygen atoms in total. The summed E-state index contributed by atoms with van der Waals surface area (Å²) in [5.41, 5.74) is 0. The number of carbonyl (C=O) groups is 1. The fourth-order valence-electron chi connectivity index (χ4n) is 2.68. The molecule has 0 saturated carbocycles. The van der Waals surface area contributed by atoms with Crippen molar-refractivity contribution in [1.29, 1.82) is 0 Å². The quantitative estimate of drug-likeness (QED) is 0.682. The molecule has 0 radical (unpaired) electrons. The Bertz CT molecular complexity index is 251. The number of piperidine rings is 1. The third-order valence-corrected chi connectivity index (χ3v) is 3.76. The Morgan fingerprint density at radius 3 is 2.56 bits per heavy atom. The van der Waals surface area contributed by atoms with E-state index < -0.39 is 0 Å². The number of nitrogens with zero attached hydrogens (tertiary/aromatic N) is 2. The van der Waals surface area contributed by atoms with Gasteiger partial charge in [-0.2, -0.15) is 0 Å². The lowest BCUT2D eigenvalue weighted by Crippen LogP contribution is -2.49. The van der Waals surface area contributed by atoms with Gasteiger partial charge in [0.15, 0.2) is 0 Å². The molecule has 0 bridgehead atoms. The molecular weight excluding hydrogens is 204 g/mol. The van der Waals surface area contributed by atoms with Crippen molar-refractivity contribution in [2.45, 2.75) is 44.8 Å². The van der Waals surface area contributed by atoms with Gasteiger partial charge < -0.3 is 14.5 Å². The van der Waals surface area contributed by atoms with Crippen molar-refractivity contribution < 1.29 is 9.53 Å². The standard InChI is InChI=1S/C12H22N2O2/c1-10-11(6-9-16-10)13(2)12(15)14-7-4-3-5-8-14/h10-11H,3-9H2,1-2H3. The summed E-state index contributed by atoms with van der Waals surface area (Å²) in [5, 5.41) is 0. The summed E-state index contributed by atoms with van der Waals surface area (Å²) in [5.74, 6) is 0. The van der Waals surface area contributed by atoms with Gasteiger partial charge in [0, 0.05) is 26.7 Å². The fourth-order valence-corrected chi connectivity index (χ4v) is 2.68. The zero-order valence-electron chi connectivity index (χ0n) is 10.3. The highest BCUT2D eigenvalue weighted by atomic mass is 16.5. The first-order valence-corrected chi connectivity index (χ1v) is 6.33.